The average molecular weight is 353 g/mol. The molecular weight excluding hydrogens is 340 g/mol. The van der Waals surface area contributed by atoms with Crippen LogP contribution in [0.4, 0.5) is 26.3 Å². The molecule has 0 heterocycles. The maximum Gasteiger partial charge on any atom is 0.401 e. The molecule has 4 nitrogen and oxygen atoms in total. The van der Waals surface area contributed by atoms with E-state index in [0.29, 0.717) is 0 Å². The van der Waals surface area contributed by atoms with Crippen LogP contribution in [-0.2, 0) is 10.1 Å². The first kappa shape index (κ1) is 20.7. The second-order valence-electron chi connectivity index (χ2n) is 4.16. The Morgan fingerprint density at radius 1 is 1.05 bits per heavy atom. The molecule has 1 rings (SSSR count). The molecule has 0 saturated heterocycles. The van der Waals surface area contributed by atoms with Gasteiger partial charge >= 0.3 is 12.4 Å². The van der Waals surface area contributed by atoms with E-state index in [1.807, 2.05) is 6.92 Å². The maximum atomic E-state index is 11.4. The summed E-state index contributed by atoms with van der Waals surface area (Å²) >= 11 is 0. The Morgan fingerprint density at radius 3 is 1.59 bits per heavy atom. The molecule has 0 aliphatic rings. The normalized spacial score (nSPS) is 12.8. The van der Waals surface area contributed by atoms with Crippen LogP contribution in [0.5, 0.6) is 0 Å². The van der Waals surface area contributed by atoms with Gasteiger partial charge < -0.3 is 5.73 Å². The fraction of sp³-hybridized carbons (Fsp3) is 0.455. The summed E-state index contributed by atoms with van der Waals surface area (Å²) in [6.45, 7) is 0.376. The molecule has 0 amide bonds. The molecule has 0 fully saturated rings. The van der Waals surface area contributed by atoms with Crippen molar-refractivity contribution in [2.75, 3.05) is 6.54 Å². The Morgan fingerprint density at radius 2 is 1.41 bits per heavy atom. The van der Waals surface area contributed by atoms with Crippen molar-refractivity contribution < 1.29 is 39.3 Å². The van der Waals surface area contributed by atoms with Crippen molar-refractivity contribution >= 4 is 10.1 Å². The van der Waals surface area contributed by atoms with E-state index in [0.717, 1.165) is 5.56 Å². The van der Waals surface area contributed by atoms with Crippen molar-refractivity contribution in [1.82, 2.24) is 0 Å². The second kappa shape index (κ2) is 7.29. The molecule has 128 valence electrons. The van der Waals surface area contributed by atoms with E-state index in [4.69, 9.17) is 4.55 Å². The zero-order valence-corrected chi connectivity index (χ0v) is 11.9. The van der Waals surface area contributed by atoms with E-state index in [1.165, 1.54) is 12.1 Å². The largest absolute Gasteiger partial charge is 0.401 e. The predicted molar refractivity (Wildman–Crippen MR) is 65.6 cm³/mol. The van der Waals surface area contributed by atoms with Crippen molar-refractivity contribution in [2.24, 2.45) is 11.7 Å². The number of benzene rings is 1. The third kappa shape index (κ3) is 7.09. The van der Waals surface area contributed by atoms with Gasteiger partial charge in [-0.25, -0.2) is 0 Å². The molecule has 0 bridgehead atoms. The molecule has 0 saturated carbocycles. The van der Waals surface area contributed by atoms with Gasteiger partial charge in [-0.2, -0.15) is 34.8 Å². The number of alkyl halides is 6. The quantitative estimate of drug-likeness (QED) is 0.633. The van der Waals surface area contributed by atoms with Crippen LogP contribution in [0.25, 0.3) is 0 Å². The van der Waals surface area contributed by atoms with Gasteiger partial charge in [0.1, 0.15) is 0 Å². The third-order valence-electron chi connectivity index (χ3n) is 2.34. The fourth-order valence-electron chi connectivity index (χ4n) is 1.16. The molecule has 1 aromatic rings. The standard InChI is InChI=1S/C7H8O3S.C4H5F6N/c1-6-2-4-7(5-3-6)11(8,9)10;5-3(6,7)2(1-11)4(8,9)10/h2-5H,1H3,(H,8,9,10);2H,1,11H2. The summed E-state index contributed by atoms with van der Waals surface area (Å²) < 4.78 is 98.0. The highest BCUT2D eigenvalue weighted by molar-refractivity contribution is 7.85. The monoisotopic (exact) mass is 353 g/mol. The second-order valence-corrected chi connectivity index (χ2v) is 5.58. The summed E-state index contributed by atoms with van der Waals surface area (Å²) in [6.07, 6.45) is -10.6. The highest BCUT2D eigenvalue weighted by Crippen LogP contribution is 2.38. The van der Waals surface area contributed by atoms with E-state index in [2.05, 4.69) is 5.73 Å². The first-order chi connectivity index (χ1) is 9.69. The lowest BCUT2D eigenvalue weighted by atomic mass is 10.1. The number of halogens is 6. The minimum absolute atomic E-state index is 0.0666. The molecule has 0 atom stereocenters. The molecule has 3 N–H and O–H groups in total. The average Bonchev–Trinajstić information content (AvgIpc) is 2.25. The predicted octanol–water partition coefficient (Wildman–Crippen LogP) is 2.93. The molecule has 1 aromatic carbocycles. The lowest BCUT2D eigenvalue weighted by Gasteiger charge is -2.20. The van der Waals surface area contributed by atoms with Gasteiger partial charge in [0.15, 0.2) is 5.92 Å². The summed E-state index contributed by atoms with van der Waals surface area (Å²) in [4.78, 5) is -0.0666. The van der Waals surface area contributed by atoms with Gasteiger partial charge in [-0.1, -0.05) is 17.7 Å². The molecular formula is C11H13F6NO3S. The number of aryl methyl sites for hydroxylation is 1. The van der Waals surface area contributed by atoms with Crippen molar-refractivity contribution in [3.63, 3.8) is 0 Å². The molecule has 0 radical (unpaired) electrons. The van der Waals surface area contributed by atoms with Crippen LogP contribution in [0, 0.1) is 12.8 Å². The fourth-order valence-corrected chi connectivity index (χ4v) is 1.64. The SMILES string of the molecule is Cc1ccc(S(=O)(=O)O)cc1.NCC(C(F)(F)F)C(F)(F)F. The van der Waals surface area contributed by atoms with Crippen LogP contribution < -0.4 is 5.73 Å². The maximum absolute atomic E-state index is 11.4. The Balaban J connectivity index is 0.000000401. The van der Waals surface area contributed by atoms with Crippen LogP contribution >= 0.6 is 0 Å². The van der Waals surface area contributed by atoms with Gasteiger partial charge in [-0.3, -0.25) is 4.55 Å². The lowest BCUT2D eigenvalue weighted by molar-refractivity contribution is -0.280. The van der Waals surface area contributed by atoms with Crippen LogP contribution in [-0.4, -0.2) is 31.9 Å². The Labute approximate surface area is 122 Å². The number of hydrogen-bond acceptors (Lipinski definition) is 3. The Bertz CT molecular complexity index is 551. The van der Waals surface area contributed by atoms with Crippen molar-refractivity contribution in [3.8, 4) is 0 Å². The van der Waals surface area contributed by atoms with Crippen LogP contribution in [0.15, 0.2) is 29.2 Å². The van der Waals surface area contributed by atoms with E-state index in [-0.39, 0.29) is 4.90 Å². The van der Waals surface area contributed by atoms with E-state index in [9.17, 15) is 34.8 Å². The first-order valence-corrected chi connectivity index (χ1v) is 7.01. The zero-order valence-electron chi connectivity index (χ0n) is 11.1. The molecule has 22 heavy (non-hydrogen) atoms. The molecule has 0 spiro atoms. The zero-order chi connectivity index (χ0) is 17.8. The molecule has 0 aliphatic heterocycles. The van der Waals surface area contributed by atoms with Crippen molar-refractivity contribution in [1.29, 1.82) is 0 Å². The summed E-state index contributed by atoms with van der Waals surface area (Å²) in [5, 5.41) is 0. The number of nitrogens with two attached hydrogens (primary N) is 1. The third-order valence-corrected chi connectivity index (χ3v) is 3.21. The van der Waals surface area contributed by atoms with Crippen LogP contribution in [0.1, 0.15) is 5.56 Å². The van der Waals surface area contributed by atoms with E-state index >= 15 is 0 Å². The van der Waals surface area contributed by atoms with Gasteiger partial charge in [0, 0.05) is 6.54 Å². The molecule has 0 aromatic heterocycles. The highest BCUT2D eigenvalue weighted by Gasteiger charge is 2.55. The van der Waals surface area contributed by atoms with Gasteiger partial charge in [-0.05, 0) is 19.1 Å². The van der Waals surface area contributed by atoms with Gasteiger partial charge in [-0.15, -0.1) is 0 Å². The highest BCUT2D eigenvalue weighted by atomic mass is 32.2. The minimum atomic E-state index is -5.30. The van der Waals surface area contributed by atoms with Gasteiger partial charge in [0.25, 0.3) is 10.1 Å². The minimum Gasteiger partial charge on any atom is -0.330 e. The van der Waals surface area contributed by atoms with Crippen LogP contribution in [0.3, 0.4) is 0 Å². The Hall–Kier alpha value is -1.33. The van der Waals surface area contributed by atoms with Gasteiger partial charge in [0.2, 0.25) is 0 Å². The number of rotatable bonds is 2. The topological polar surface area (TPSA) is 80.4 Å². The first-order valence-electron chi connectivity index (χ1n) is 5.57. The van der Waals surface area contributed by atoms with E-state index < -0.39 is 34.9 Å². The molecule has 11 heteroatoms. The van der Waals surface area contributed by atoms with Gasteiger partial charge in [0.05, 0.1) is 4.90 Å². The van der Waals surface area contributed by atoms with Crippen molar-refractivity contribution in [2.45, 2.75) is 24.2 Å². The smallest absolute Gasteiger partial charge is 0.330 e. The summed E-state index contributed by atoms with van der Waals surface area (Å²) in [5.74, 6) is -3.41. The van der Waals surface area contributed by atoms with Crippen LogP contribution in [0.2, 0.25) is 0 Å². The molecule has 0 unspecified atom stereocenters. The molecule has 0 aliphatic carbocycles. The number of hydrogen-bond donors (Lipinski definition) is 2. The summed E-state index contributed by atoms with van der Waals surface area (Å²) in [5.41, 5.74) is 5.26. The van der Waals surface area contributed by atoms with E-state index in [1.54, 1.807) is 12.1 Å². The van der Waals surface area contributed by atoms with Crippen molar-refractivity contribution in [3.05, 3.63) is 29.8 Å². The summed E-state index contributed by atoms with van der Waals surface area (Å²) in [7, 11) is -4.02. The summed E-state index contributed by atoms with van der Waals surface area (Å²) in [6, 6.07) is 5.99. The lowest BCUT2D eigenvalue weighted by Crippen LogP contribution is -2.41. The Kier molecular flexibility index (Phi) is 6.85.